The summed E-state index contributed by atoms with van der Waals surface area (Å²) in [6.07, 6.45) is 6.24. The molecule has 0 N–H and O–H groups in total. The minimum atomic E-state index is -5.96. The maximum atomic E-state index is 13.5. The Kier molecular flexibility index (Phi) is 11.0. The van der Waals surface area contributed by atoms with Crippen LogP contribution in [0, 0.1) is 0 Å². The molecule has 0 aliphatic rings. The van der Waals surface area contributed by atoms with E-state index in [9.17, 15) is 21.6 Å². The summed E-state index contributed by atoms with van der Waals surface area (Å²) in [7, 11) is -5.96. The molecule has 0 fully saturated rings. The average molecular weight is 699 g/mol. The Morgan fingerprint density at radius 2 is 1.38 bits per heavy atom. The Bertz CT molecular complexity index is 2200. The number of rotatable bonds is 11. The number of hydrogen-bond acceptors (Lipinski definition) is 6. The number of fused-ring (bicyclic) bond motifs is 3. The van der Waals surface area contributed by atoms with Gasteiger partial charge in [0, 0.05) is 40.0 Å². The summed E-state index contributed by atoms with van der Waals surface area (Å²) < 4.78 is 75.7. The molecule has 1 heterocycles. The highest BCUT2D eigenvalue weighted by molar-refractivity contribution is 7.88. The lowest BCUT2D eigenvalue weighted by Gasteiger charge is -2.36. The monoisotopic (exact) mass is 698 g/mol. The Labute approximate surface area is 290 Å². The van der Waals surface area contributed by atoms with E-state index in [1.165, 1.54) is 12.1 Å². The third kappa shape index (κ3) is 7.40. The lowest BCUT2D eigenvalue weighted by molar-refractivity contribution is -0.0500. The van der Waals surface area contributed by atoms with Crippen molar-refractivity contribution in [2.75, 3.05) is 9.80 Å². The molecular weight excluding hydrogens is 662 g/mol. The zero-order valence-corrected chi connectivity index (χ0v) is 28.7. The van der Waals surface area contributed by atoms with Gasteiger partial charge in [-0.05, 0) is 67.9 Å². The first-order valence-corrected chi connectivity index (χ1v) is 17.5. The molecule has 1 aromatic heterocycles. The maximum Gasteiger partial charge on any atom is 0.534 e. The number of nitrogens with zero attached hydrogens (tertiary/aromatic N) is 2. The predicted molar refractivity (Wildman–Crippen MR) is 197 cm³/mol. The van der Waals surface area contributed by atoms with Crippen molar-refractivity contribution in [3.05, 3.63) is 146 Å². The molecule has 0 spiro atoms. The second kappa shape index (κ2) is 15.4. The number of anilines is 5. The summed E-state index contributed by atoms with van der Waals surface area (Å²) in [6.45, 7) is 9.86. The molecule has 6 nitrogen and oxygen atoms in total. The van der Waals surface area contributed by atoms with Crippen LogP contribution in [-0.4, -0.2) is 20.0 Å². The van der Waals surface area contributed by atoms with E-state index >= 15 is 0 Å². The average Bonchev–Trinajstić information content (AvgIpc) is 3.49. The maximum absolute atomic E-state index is 13.5. The SMILES string of the molecule is C=CCC(/C=C\C)N(c1ccccc1)c1ccc(OS(=O)(=O)C(F)(F)F)cc1N(c1ccccc1)c1ccc2c(c1)oc1ccccc12.CC. The molecule has 0 aliphatic heterocycles. The van der Waals surface area contributed by atoms with Gasteiger partial charge >= 0.3 is 15.6 Å². The van der Waals surface area contributed by atoms with E-state index in [2.05, 4.69) is 10.8 Å². The van der Waals surface area contributed by atoms with E-state index < -0.39 is 21.4 Å². The van der Waals surface area contributed by atoms with E-state index in [4.69, 9.17) is 4.42 Å². The molecule has 0 radical (unpaired) electrons. The van der Waals surface area contributed by atoms with Crippen LogP contribution in [-0.2, 0) is 10.1 Å². The first-order chi connectivity index (χ1) is 24.1. The molecular formula is C40H37F3N2O4S. The summed E-state index contributed by atoms with van der Waals surface area (Å²) in [6, 6.07) is 35.9. The first-order valence-electron chi connectivity index (χ1n) is 16.1. The van der Waals surface area contributed by atoms with Gasteiger partial charge in [0.05, 0.1) is 17.4 Å². The summed E-state index contributed by atoms with van der Waals surface area (Å²) in [5.74, 6) is -0.504. The van der Waals surface area contributed by atoms with Crippen molar-refractivity contribution in [2.45, 2.75) is 38.7 Å². The number of allylic oxidation sites excluding steroid dienone is 1. The van der Waals surface area contributed by atoms with Crippen molar-refractivity contribution in [2.24, 2.45) is 0 Å². The van der Waals surface area contributed by atoms with E-state index in [0.29, 0.717) is 40.3 Å². The number of benzene rings is 5. The molecule has 0 amide bonds. The minimum Gasteiger partial charge on any atom is -0.456 e. The van der Waals surface area contributed by atoms with Gasteiger partial charge in [0.25, 0.3) is 0 Å². The predicted octanol–water partition coefficient (Wildman–Crippen LogP) is 12.0. The van der Waals surface area contributed by atoms with E-state index in [1.807, 2.05) is 146 Å². The van der Waals surface area contributed by atoms with Crippen molar-refractivity contribution < 1.29 is 30.2 Å². The van der Waals surface area contributed by atoms with E-state index in [1.54, 1.807) is 12.1 Å². The van der Waals surface area contributed by atoms with Crippen LogP contribution in [0.5, 0.6) is 5.75 Å². The van der Waals surface area contributed by atoms with Gasteiger partial charge in [-0.25, -0.2) is 0 Å². The van der Waals surface area contributed by atoms with E-state index in [-0.39, 0.29) is 6.04 Å². The number of furan rings is 1. The second-order valence-corrected chi connectivity index (χ2v) is 12.4. The molecule has 6 aromatic rings. The van der Waals surface area contributed by atoms with Gasteiger partial charge in [0.15, 0.2) is 0 Å². The highest BCUT2D eigenvalue weighted by atomic mass is 32.2. The molecule has 258 valence electrons. The molecule has 0 bridgehead atoms. The number of halogens is 3. The molecule has 10 heteroatoms. The third-order valence-corrected chi connectivity index (χ3v) is 8.74. The summed E-state index contributed by atoms with van der Waals surface area (Å²) in [5.41, 5.74) is -1.33. The standard InChI is InChI=1S/C38H31F3N2O4S.C2H6/c1-3-13-27(14-4-2)42(28-15-7-5-8-16-28)34-24-22-31(47-48(44,45)38(39,40)41)26-35(34)43(29-17-9-6-10-18-29)30-21-23-33-32-19-11-12-20-36(32)46-37(33)25-30;1-2/h3-12,14-27H,1,13H2,2H3;1-2H3/b14-4-;. The molecule has 5 aromatic carbocycles. The minimum absolute atomic E-state index is 0.269. The van der Waals surface area contributed by atoms with Crippen molar-refractivity contribution in [3.63, 3.8) is 0 Å². The molecule has 0 saturated carbocycles. The van der Waals surface area contributed by atoms with Gasteiger partial charge in [0.1, 0.15) is 16.9 Å². The van der Waals surface area contributed by atoms with Crippen LogP contribution in [0.4, 0.5) is 41.6 Å². The van der Waals surface area contributed by atoms with Crippen molar-refractivity contribution in [3.8, 4) is 5.75 Å². The Hall–Kier alpha value is -5.48. The summed E-state index contributed by atoms with van der Waals surface area (Å²) >= 11 is 0. The Morgan fingerprint density at radius 1 is 0.760 bits per heavy atom. The smallest absolute Gasteiger partial charge is 0.456 e. The quantitative estimate of drug-likeness (QED) is 0.0762. The molecule has 0 aliphatic carbocycles. The number of para-hydroxylation sites is 3. The third-order valence-electron chi connectivity index (χ3n) is 7.76. The van der Waals surface area contributed by atoms with Crippen LogP contribution < -0.4 is 14.0 Å². The van der Waals surface area contributed by atoms with Gasteiger partial charge < -0.3 is 18.4 Å². The lowest BCUT2D eigenvalue weighted by atomic mass is 10.1. The topological polar surface area (TPSA) is 63.0 Å². The molecule has 1 atom stereocenters. The molecule has 1 unspecified atom stereocenters. The van der Waals surface area contributed by atoms with Crippen LogP contribution >= 0.6 is 0 Å². The van der Waals surface area contributed by atoms with Crippen LogP contribution in [0.2, 0.25) is 0 Å². The van der Waals surface area contributed by atoms with Crippen LogP contribution in [0.3, 0.4) is 0 Å². The van der Waals surface area contributed by atoms with Gasteiger partial charge in [-0.15, -0.1) is 6.58 Å². The van der Waals surface area contributed by atoms with Gasteiger partial charge in [-0.3, -0.25) is 0 Å². The Morgan fingerprint density at radius 3 is 2.02 bits per heavy atom. The second-order valence-electron chi connectivity index (χ2n) is 10.9. The fourth-order valence-corrected chi connectivity index (χ4v) is 6.18. The van der Waals surface area contributed by atoms with E-state index in [0.717, 1.165) is 16.5 Å². The van der Waals surface area contributed by atoms with Gasteiger partial charge in [0.2, 0.25) is 0 Å². The lowest BCUT2D eigenvalue weighted by Crippen LogP contribution is -2.31. The normalized spacial score (nSPS) is 12.4. The Balaban J connectivity index is 0.00000239. The van der Waals surface area contributed by atoms with Crippen LogP contribution in [0.25, 0.3) is 21.9 Å². The molecule has 0 saturated heterocycles. The number of alkyl halides is 3. The fraction of sp³-hybridized carbons (Fsp3) is 0.150. The van der Waals surface area contributed by atoms with Crippen LogP contribution in [0.1, 0.15) is 27.2 Å². The molecule has 6 rings (SSSR count). The first kappa shape index (κ1) is 35.8. The highest BCUT2D eigenvalue weighted by Gasteiger charge is 2.48. The largest absolute Gasteiger partial charge is 0.534 e. The highest BCUT2D eigenvalue weighted by Crippen LogP contribution is 2.47. The van der Waals surface area contributed by atoms with Crippen LogP contribution in [0.15, 0.2) is 151 Å². The zero-order valence-electron chi connectivity index (χ0n) is 27.8. The zero-order chi connectivity index (χ0) is 35.9. The van der Waals surface area contributed by atoms with Crippen molar-refractivity contribution in [1.29, 1.82) is 0 Å². The fourth-order valence-electron chi connectivity index (χ4n) is 5.73. The van der Waals surface area contributed by atoms with Crippen molar-refractivity contribution in [1.82, 2.24) is 0 Å². The number of hydrogen-bond donors (Lipinski definition) is 0. The van der Waals surface area contributed by atoms with Gasteiger partial charge in [-0.1, -0.05) is 86.7 Å². The van der Waals surface area contributed by atoms with Gasteiger partial charge in [-0.2, -0.15) is 21.6 Å². The van der Waals surface area contributed by atoms with Crippen molar-refractivity contribution >= 4 is 60.5 Å². The summed E-state index contributed by atoms with van der Waals surface area (Å²) in [4.78, 5) is 3.88. The molecule has 50 heavy (non-hydrogen) atoms. The summed E-state index contributed by atoms with van der Waals surface area (Å²) in [5, 5.41) is 1.83.